The number of carboxylic acids is 1. The van der Waals surface area contributed by atoms with Gasteiger partial charge in [0.1, 0.15) is 5.01 Å². The fraction of sp³-hybridized carbons (Fsp3) is 0.455. The molecule has 7 nitrogen and oxygen atoms in total. The van der Waals surface area contributed by atoms with Gasteiger partial charge in [0.05, 0.1) is 18.5 Å². The van der Waals surface area contributed by atoms with E-state index >= 15 is 0 Å². The number of aromatic carboxylic acids is 1. The van der Waals surface area contributed by atoms with Gasteiger partial charge in [-0.25, -0.2) is 14.6 Å². The Kier molecular flexibility index (Phi) is 5.26. The number of aromatic nitrogens is 1. The Labute approximate surface area is 114 Å². The normalized spacial score (nSPS) is 11.4. The van der Waals surface area contributed by atoms with Crippen molar-refractivity contribution in [3.8, 4) is 6.07 Å². The fourth-order valence-electron chi connectivity index (χ4n) is 1.31. The molecule has 0 spiro atoms. The first-order valence-corrected chi connectivity index (χ1v) is 6.38. The van der Waals surface area contributed by atoms with Crippen LogP contribution in [0.5, 0.6) is 0 Å². The highest BCUT2D eigenvalue weighted by molar-refractivity contribution is 7.09. The zero-order valence-electron chi connectivity index (χ0n) is 10.6. The van der Waals surface area contributed by atoms with Crippen LogP contribution in [0.25, 0.3) is 0 Å². The van der Waals surface area contributed by atoms with Crippen LogP contribution in [0.1, 0.15) is 22.4 Å². The highest BCUT2D eigenvalue weighted by Gasteiger charge is 2.13. The number of nitriles is 1. The molecule has 1 aromatic heterocycles. The summed E-state index contributed by atoms with van der Waals surface area (Å²) in [7, 11) is 1.59. The summed E-state index contributed by atoms with van der Waals surface area (Å²) in [5.41, 5.74) is -0.0271. The molecule has 0 saturated carbocycles. The lowest BCUT2D eigenvalue weighted by Crippen LogP contribution is -2.38. The standard InChI is InChI=1S/C11H14N4O3S/c1-7(3-12)5-15(2)11(18)13-4-9-14-8(6-19-9)10(16)17/h6-7H,4-5H2,1-2H3,(H,13,18)(H,16,17). The van der Waals surface area contributed by atoms with Gasteiger partial charge >= 0.3 is 12.0 Å². The third kappa shape index (κ3) is 4.56. The number of urea groups is 1. The van der Waals surface area contributed by atoms with E-state index in [0.29, 0.717) is 11.6 Å². The lowest BCUT2D eigenvalue weighted by molar-refractivity contribution is 0.0691. The van der Waals surface area contributed by atoms with Gasteiger partial charge < -0.3 is 15.3 Å². The van der Waals surface area contributed by atoms with Crippen molar-refractivity contribution in [2.75, 3.05) is 13.6 Å². The van der Waals surface area contributed by atoms with E-state index in [2.05, 4.69) is 10.3 Å². The lowest BCUT2D eigenvalue weighted by Gasteiger charge is -2.18. The van der Waals surface area contributed by atoms with E-state index in [0.717, 1.165) is 0 Å². The van der Waals surface area contributed by atoms with Crippen LogP contribution in [0.15, 0.2) is 5.38 Å². The molecule has 2 amide bonds. The molecule has 1 heterocycles. The average molecular weight is 282 g/mol. The van der Waals surface area contributed by atoms with Crippen molar-refractivity contribution in [1.29, 1.82) is 5.26 Å². The number of carboxylic acid groups (broad SMARTS) is 1. The molecule has 102 valence electrons. The Morgan fingerprint density at radius 3 is 2.89 bits per heavy atom. The summed E-state index contributed by atoms with van der Waals surface area (Å²) in [6, 6.07) is 1.72. The number of hydrogen-bond donors (Lipinski definition) is 2. The molecule has 0 aromatic carbocycles. The quantitative estimate of drug-likeness (QED) is 0.842. The topological polar surface area (TPSA) is 106 Å². The van der Waals surface area contributed by atoms with Crippen LogP contribution in [-0.2, 0) is 6.54 Å². The Balaban J connectivity index is 2.45. The number of nitrogens with zero attached hydrogens (tertiary/aromatic N) is 3. The molecular formula is C11H14N4O3S. The zero-order chi connectivity index (χ0) is 14.4. The molecule has 1 aromatic rings. The SMILES string of the molecule is CC(C#N)CN(C)C(=O)NCc1nc(C(=O)O)cs1. The maximum Gasteiger partial charge on any atom is 0.355 e. The number of carbonyl (C=O) groups is 2. The highest BCUT2D eigenvalue weighted by atomic mass is 32.1. The summed E-state index contributed by atoms with van der Waals surface area (Å²) in [5, 5.41) is 21.9. The summed E-state index contributed by atoms with van der Waals surface area (Å²) in [5.74, 6) is -1.33. The summed E-state index contributed by atoms with van der Waals surface area (Å²) >= 11 is 1.17. The molecule has 19 heavy (non-hydrogen) atoms. The van der Waals surface area contributed by atoms with Crippen LogP contribution in [0.3, 0.4) is 0 Å². The molecule has 1 atom stereocenters. The molecule has 0 bridgehead atoms. The third-order valence-corrected chi connectivity index (χ3v) is 3.13. The Bertz CT molecular complexity index is 508. The minimum absolute atomic E-state index is 0.0271. The molecule has 0 saturated heterocycles. The summed E-state index contributed by atoms with van der Waals surface area (Å²) in [6.45, 7) is 2.23. The number of nitrogens with one attached hydrogen (secondary N) is 1. The van der Waals surface area contributed by atoms with Gasteiger partial charge in [-0.2, -0.15) is 5.26 Å². The van der Waals surface area contributed by atoms with Crippen LogP contribution >= 0.6 is 11.3 Å². The van der Waals surface area contributed by atoms with E-state index in [1.54, 1.807) is 14.0 Å². The van der Waals surface area contributed by atoms with Crippen LogP contribution in [0.2, 0.25) is 0 Å². The van der Waals surface area contributed by atoms with Gasteiger partial charge in [0, 0.05) is 19.0 Å². The predicted molar refractivity (Wildman–Crippen MR) is 68.7 cm³/mol. The first-order valence-electron chi connectivity index (χ1n) is 5.50. The van der Waals surface area contributed by atoms with Crippen molar-refractivity contribution in [3.63, 3.8) is 0 Å². The maximum absolute atomic E-state index is 11.7. The van der Waals surface area contributed by atoms with Crippen LogP contribution in [0.4, 0.5) is 4.79 Å². The van der Waals surface area contributed by atoms with Gasteiger partial charge in [0.2, 0.25) is 0 Å². The number of amides is 2. The molecule has 1 unspecified atom stereocenters. The molecular weight excluding hydrogens is 268 g/mol. The molecule has 0 aliphatic rings. The highest BCUT2D eigenvalue weighted by Crippen LogP contribution is 2.09. The summed E-state index contributed by atoms with van der Waals surface area (Å²) in [4.78, 5) is 27.6. The van der Waals surface area contributed by atoms with E-state index in [1.807, 2.05) is 6.07 Å². The second kappa shape index (κ2) is 6.70. The minimum atomic E-state index is -1.09. The molecule has 0 fully saturated rings. The Morgan fingerprint density at radius 2 is 2.37 bits per heavy atom. The van der Waals surface area contributed by atoms with Gasteiger partial charge in [-0.1, -0.05) is 0 Å². The fourth-order valence-corrected chi connectivity index (χ4v) is 2.02. The van der Waals surface area contributed by atoms with Gasteiger partial charge in [-0.15, -0.1) is 11.3 Å². The van der Waals surface area contributed by atoms with Crippen molar-refractivity contribution >= 4 is 23.3 Å². The van der Waals surface area contributed by atoms with Gasteiger partial charge in [0.25, 0.3) is 0 Å². The van der Waals surface area contributed by atoms with Crippen molar-refractivity contribution < 1.29 is 14.7 Å². The van der Waals surface area contributed by atoms with Crippen molar-refractivity contribution in [2.24, 2.45) is 5.92 Å². The number of hydrogen-bond acceptors (Lipinski definition) is 5. The van der Waals surface area contributed by atoms with Crippen molar-refractivity contribution in [2.45, 2.75) is 13.5 Å². The van der Waals surface area contributed by atoms with E-state index in [9.17, 15) is 9.59 Å². The van der Waals surface area contributed by atoms with Crippen LogP contribution < -0.4 is 5.32 Å². The second-order valence-electron chi connectivity index (χ2n) is 4.00. The first-order chi connectivity index (χ1) is 8.93. The van der Waals surface area contributed by atoms with Crippen molar-refractivity contribution in [3.05, 3.63) is 16.1 Å². The van der Waals surface area contributed by atoms with Crippen LogP contribution in [-0.4, -0.2) is 40.6 Å². The Morgan fingerprint density at radius 1 is 1.68 bits per heavy atom. The predicted octanol–water partition coefficient (Wildman–Crippen LogP) is 1.14. The minimum Gasteiger partial charge on any atom is -0.476 e. The second-order valence-corrected chi connectivity index (χ2v) is 4.94. The van der Waals surface area contributed by atoms with Gasteiger partial charge in [-0.05, 0) is 6.92 Å². The monoisotopic (exact) mass is 282 g/mol. The van der Waals surface area contributed by atoms with Gasteiger partial charge in [0.15, 0.2) is 5.69 Å². The van der Waals surface area contributed by atoms with E-state index in [4.69, 9.17) is 10.4 Å². The molecule has 1 rings (SSSR count). The van der Waals surface area contributed by atoms with E-state index < -0.39 is 5.97 Å². The number of thiazole rings is 1. The van der Waals surface area contributed by atoms with Gasteiger partial charge in [-0.3, -0.25) is 0 Å². The summed E-state index contributed by atoms with van der Waals surface area (Å²) in [6.07, 6.45) is 0. The smallest absolute Gasteiger partial charge is 0.355 e. The largest absolute Gasteiger partial charge is 0.476 e. The molecule has 2 N–H and O–H groups in total. The zero-order valence-corrected chi connectivity index (χ0v) is 11.4. The number of carbonyl (C=O) groups excluding carboxylic acids is 1. The van der Waals surface area contributed by atoms with E-state index in [1.165, 1.54) is 21.6 Å². The van der Waals surface area contributed by atoms with Crippen LogP contribution in [0, 0.1) is 17.2 Å². The average Bonchev–Trinajstić information content (AvgIpc) is 2.84. The first kappa shape index (κ1) is 14.9. The third-order valence-electron chi connectivity index (χ3n) is 2.28. The Hall–Kier alpha value is -2.14. The maximum atomic E-state index is 11.7. The molecule has 8 heteroatoms. The summed E-state index contributed by atoms with van der Waals surface area (Å²) < 4.78 is 0. The van der Waals surface area contributed by atoms with Crippen molar-refractivity contribution in [1.82, 2.24) is 15.2 Å². The molecule has 0 aliphatic carbocycles. The number of rotatable bonds is 5. The molecule has 0 radical (unpaired) electrons. The van der Waals surface area contributed by atoms with E-state index in [-0.39, 0.29) is 24.2 Å². The lowest BCUT2D eigenvalue weighted by atomic mass is 10.2. The molecule has 0 aliphatic heterocycles.